The van der Waals surface area contributed by atoms with Gasteiger partial charge in [-0.1, -0.05) is 23.7 Å². The monoisotopic (exact) mass is 299 g/mol. The third kappa shape index (κ3) is 2.87. The summed E-state index contributed by atoms with van der Waals surface area (Å²) in [6.45, 7) is 0.655. The van der Waals surface area contributed by atoms with E-state index in [1.165, 1.54) is 0 Å². The van der Waals surface area contributed by atoms with Crippen LogP contribution in [0.1, 0.15) is 28.4 Å². The van der Waals surface area contributed by atoms with Crippen LogP contribution >= 0.6 is 11.6 Å². The third-order valence-corrected chi connectivity index (χ3v) is 3.86. The van der Waals surface area contributed by atoms with Crippen molar-refractivity contribution in [1.82, 2.24) is 0 Å². The molecule has 0 aromatic heterocycles. The fraction of sp³-hybridized carbons (Fsp3) is 0.235. The molecule has 3 rings (SSSR count). The maximum atomic E-state index is 10.4. The van der Waals surface area contributed by atoms with E-state index in [4.69, 9.17) is 21.6 Å². The van der Waals surface area contributed by atoms with Crippen molar-refractivity contribution >= 4 is 11.6 Å². The van der Waals surface area contributed by atoms with E-state index in [9.17, 15) is 5.11 Å². The molecule has 1 aliphatic rings. The first-order valence-electron chi connectivity index (χ1n) is 6.79. The van der Waals surface area contributed by atoms with Crippen LogP contribution in [0.3, 0.4) is 0 Å². The van der Waals surface area contributed by atoms with Crippen LogP contribution in [0.25, 0.3) is 0 Å². The fourth-order valence-electron chi connectivity index (χ4n) is 2.64. The molecule has 1 N–H and O–H groups in total. The summed E-state index contributed by atoms with van der Waals surface area (Å²) in [4.78, 5) is 0. The van der Waals surface area contributed by atoms with Crippen molar-refractivity contribution in [2.45, 2.75) is 18.9 Å². The van der Waals surface area contributed by atoms with Gasteiger partial charge < -0.3 is 9.84 Å². The van der Waals surface area contributed by atoms with Crippen LogP contribution in [0.2, 0.25) is 5.02 Å². The minimum atomic E-state index is -0.690. The minimum Gasteiger partial charge on any atom is -0.493 e. The first-order chi connectivity index (χ1) is 10.2. The second kappa shape index (κ2) is 5.77. The standard InChI is InChI=1S/C17H14ClNO2/c18-15-7-13-4-5-21-17(13)14(8-15)9-16(20)12-3-1-2-11(6-12)10-19/h1-3,6-8,16,20H,4-5,9H2. The molecule has 2 aromatic rings. The number of ether oxygens (including phenoxy) is 1. The Bertz CT molecular complexity index is 721. The van der Waals surface area contributed by atoms with Gasteiger partial charge in [-0.25, -0.2) is 0 Å². The number of rotatable bonds is 3. The summed E-state index contributed by atoms with van der Waals surface area (Å²) in [6, 6.07) is 12.8. The number of aliphatic hydroxyl groups is 1. The summed E-state index contributed by atoms with van der Waals surface area (Å²) in [6.07, 6.45) is 0.575. The molecule has 2 aromatic carbocycles. The molecule has 0 aliphatic carbocycles. The highest BCUT2D eigenvalue weighted by atomic mass is 35.5. The van der Waals surface area contributed by atoms with Crippen molar-refractivity contribution in [3.63, 3.8) is 0 Å². The zero-order valence-electron chi connectivity index (χ0n) is 11.3. The molecular formula is C17H14ClNO2. The van der Waals surface area contributed by atoms with E-state index in [1.54, 1.807) is 18.2 Å². The van der Waals surface area contributed by atoms with E-state index < -0.39 is 6.10 Å². The number of hydrogen-bond donors (Lipinski definition) is 1. The molecule has 0 amide bonds. The van der Waals surface area contributed by atoms with E-state index >= 15 is 0 Å². The van der Waals surface area contributed by atoms with Gasteiger partial charge in [-0.15, -0.1) is 0 Å². The summed E-state index contributed by atoms with van der Waals surface area (Å²) in [5, 5.41) is 20.0. The summed E-state index contributed by atoms with van der Waals surface area (Å²) < 4.78 is 5.64. The van der Waals surface area contributed by atoms with E-state index in [0.717, 1.165) is 28.9 Å². The van der Waals surface area contributed by atoms with Crippen LogP contribution in [0.5, 0.6) is 5.75 Å². The van der Waals surface area contributed by atoms with Crippen LogP contribution in [0.4, 0.5) is 0 Å². The van der Waals surface area contributed by atoms with Crippen molar-refractivity contribution in [2.75, 3.05) is 6.61 Å². The Morgan fingerprint density at radius 2 is 2.19 bits per heavy atom. The second-order valence-corrected chi connectivity index (χ2v) is 5.55. The number of nitriles is 1. The van der Waals surface area contributed by atoms with Gasteiger partial charge in [-0.3, -0.25) is 0 Å². The number of benzene rings is 2. The largest absolute Gasteiger partial charge is 0.493 e. The third-order valence-electron chi connectivity index (χ3n) is 3.64. The zero-order chi connectivity index (χ0) is 14.8. The Hall–Kier alpha value is -2.02. The van der Waals surface area contributed by atoms with Crippen molar-refractivity contribution < 1.29 is 9.84 Å². The van der Waals surface area contributed by atoms with Gasteiger partial charge in [0.2, 0.25) is 0 Å². The predicted octanol–water partition coefficient (Wildman–Crippen LogP) is 3.42. The van der Waals surface area contributed by atoms with Crippen molar-refractivity contribution in [2.24, 2.45) is 0 Å². The summed E-state index contributed by atoms with van der Waals surface area (Å²) in [5.41, 5.74) is 3.26. The predicted molar refractivity (Wildman–Crippen MR) is 80.5 cm³/mol. The van der Waals surface area contributed by atoms with E-state index in [0.29, 0.717) is 23.6 Å². The van der Waals surface area contributed by atoms with E-state index in [-0.39, 0.29) is 0 Å². The van der Waals surface area contributed by atoms with Gasteiger partial charge >= 0.3 is 0 Å². The lowest BCUT2D eigenvalue weighted by atomic mass is 9.98. The van der Waals surface area contributed by atoms with E-state index in [2.05, 4.69) is 6.07 Å². The Kier molecular flexibility index (Phi) is 3.83. The lowest BCUT2D eigenvalue weighted by Gasteiger charge is -2.14. The zero-order valence-corrected chi connectivity index (χ0v) is 12.1. The molecule has 0 fully saturated rings. The smallest absolute Gasteiger partial charge is 0.126 e. The second-order valence-electron chi connectivity index (χ2n) is 5.11. The summed E-state index contributed by atoms with van der Waals surface area (Å²) in [5.74, 6) is 0.842. The van der Waals surface area contributed by atoms with Crippen LogP contribution in [-0.4, -0.2) is 11.7 Å². The van der Waals surface area contributed by atoms with Gasteiger partial charge in [-0.05, 0) is 41.0 Å². The lowest BCUT2D eigenvalue weighted by Crippen LogP contribution is -2.03. The fourth-order valence-corrected chi connectivity index (χ4v) is 2.90. The summed E-state index contributed by atoms with van der Waals surface area (Å²) >= 11 is 6.13. The van der Waals surface area contributed by atoms with Crippen LogP contribution in [0, 0.1) is 11.3 Å². The average Bonchev–Trinajstić information content (AvgIpc) is 2.95. The molecular weight excluding hydrogens is 286 g/mol. The normalized spacial score (nSPS) is 14.1. The Balaban J connectivity index is 1.88. The molecule has 106 valence electrons. The minimum absolute atomic E-state index is 0.414. The van der Waals surface area contributed by atoms with Gasteiger partial charge in [0.05, 0.1) is 24.3 Å². The Morgan fingerprint density at radius 3 is 3.00 bits per heavy atom. The SMILES string of the molecule is N#Cc1cccc(C(O)Cc2cc(Cl)cc3c2OCC3)c1. The molecule has 1 atom stereocenters. The molecule has 0 saturated heterocycles. The van der Waals surface area contributed by atoms with Crippen LogP contribution in [-0.2, 0) is 12.8 Å². The molecule has 1 heterocycles. The quantitative estimate of drug-likeness (QED) is 0.945. The van der Waals surface area contributed by atoms with Crippen LogP contribution < -0.4 is 4.74 Å². The van der Waals surface area contributed by atoms with Gasteiger partial charge in [-0.2, -0.15) is 5.26 Å². The number of hydrogen-bond acceptors (Lipinski definition) is 3. The number of halogens is 1. The van der Waals surface area contributed by atoms with E-state index in [1.807, 2.05) is 18.2 Å². The Morgan fingerprint density at radius 1 is 1.33 bits per heavy atom. The topological polar surface area (TPSA) is 53.2 Å². The molecule has 4 heteroatoms. The highest BCUT2D eigenvalue weighted by molar-refractivity contribution is 6.30. The molecule has 0 spiro atoms. The highest BCUT2D eigenvalue weighted by Crippen LogP contribution is 2.35. The summed E-state index contributed by atoms with van der Waals surface area (Å²) in [7, 11) is 0. The molecule has 0 radical (unpaired) electrons. The molecule has 21 heavy (non-hydrogen) atoms. The number of fused-ring (bicyclic) bond motifs is 1. The van der Waals surface area contributed by atoms with Gasteiger partial charge in [0.15, 0.2) is 0 Å². The number of nitrogens with zero attached hydrogens (tertiary/aromatic N) is 1. The maximum absolute atomic E-state index is 10.4. The molecule has 1 aliphatic heterocycles. The molecule has 0 saturated carbocycles. The lowest BCUT2D eigenvalue weighted by molar-refractivity contribution is 0.177. The van der Waals surface area contributed by atoms with Crippen molar-refractivity contribution in [3.8, 4) is 11.8 Å². The molecule has 3 nitrogen and oxygen atoms in total. The Labute approximate surface area is 128 Å². The van der Waals surface area contributed by atoms with Gasteiger partial charge in [0.1, 0.15) is 5.75 Å². The van der Waals surface area contributed by atoms with Crippen molar-refractivity contribution in [1.29, 1.82) is 5.26 Å². The highest BCUT2D eigenvalue weighted by Gasteiger charge is 2.20. The number of aliphatic hydroxyl groups excluding tert-OH is 1. The maximum Gasteiger partial charge on any atom is 0.126 e. The van der Waals surface area contributed by atoms with Crippen LogP contribution in [0.15, 0.2) is 36.4 Å². The van der Waals surface area contributed by atoms with Gasteiger partial charge in [0, 0.05) is 17.9 Å². The molecule has 0 bridgehead atoms. The van der Waals surface area contributed by atoms with Gasteiger partial charge in [0.25, 0.3) is 0 Å². The first kappa shape index (κ1) is 13.9. The first-order valence-corrected chi connectivity index (χ1v) is 7.17. The molecule has 1 unspecified atom stereocenters. The average molecular weight is 300 g/mol. The van der Waals surface area contributed by atoms with Crippen molar-refractivity contribution in [3.05, 3.63) is 63.7 Å².